The molecule has 8 heteroatoms. The molecule has 2 heterocycles. The maximum Gasteiger partial charge on any atom is 0.308 e. The van der Waals surface area contributed by atoms with Gasteiger partial charge in [0.2, 0.25) is 5.91 Å². The lowest BCUT2D eigenvalue weighted by atomic mass is 9.97. The molecule has 1 amide bonds. The van der Waals surface area contributed by atoms with E-state index in [1.165, 1.54) is 0 Å². The van der Waals surface area contributed by atoms with E-state index in [4.69, 9.17) is 14.7 Å². The molecule has 8 nitrogen and oxygen atoms in total. The number of carbonyl (C=O) groups is 2. The number of benzene rings is 2. The van der Waals surface area contributed by atoms with Gasteiger partial charge < -0.3 is 24.6 Å². The molecule has 1 N–H and O–H groups in total. The normalized spacial score (nSPS) is 19.2. The Hall–Kier alpha value is -3.41. The Kier molecular flexibility index (Phi) is 10.8. The van der Waals surface area contributed by atoms with Gasteiger partial charge in [0.05, 0.1) is 30.7 Å². The molecule has 0 saturated carbocycles. The van der Waals surface area contributed by atoms with Crippen LogP contribution in [0.25, 0.3) is 0 Å². The van der Waals surface area contributed by atoms with E-state index in [1.807, 2.05) is 35.2 Å². The average molecular weight is 533 g/mol. The predicted molar refractivity (Wildman–Crippen MR) is 149 cm³/mol. The van der Waals surface area contributed by atoms with Crippen LogP contribution in [-0.4, -0.2) is 73.1 Å². The lowest BCUT2D eigenvalue weighted by Crippen LogP contribution is -2.56. The van der Waals surface area contributed by atoms with E-state index in [2.05, 4.69) is 23.3 Å². The summed E-state index contributed by atoms with van der Waals surface area (Å²) in [7, 11) is 2.11. The smallest absolute Gasteiger partial charge is 0.308 e. The van der Waals surface area contributed by atoms with Gasteiger partial charge in [0.1, 0.15) is 12.4 Å². The lowest BCUT2D eigenvalue weighted by Gasteiger charge is -2.39. The largest absolute Gasteiger partial charge is 0.494 e. The number of nitriles is 1. The fourth-order valence-corrected chi connectivity index (χ4v) is 5.37. The summed E-state index contributed by atoms with van der Waals surface area (Å²) in [5.41, 5.74) is 1.52. The molecule has 208 valence electrons. The number of esters is 1. The minimum absolute atomic E-state index is 0.0168. The monoisotopic (exact) mass is 532 g/mol. The van der Waals surface area contributed by atoms with E-state index in [-0.39, 0.29) is 37.0 Å². The highest BCUT2D eigenvalue weighted by Gasteiger charge is 2.34. The summed E-state index contributed by atoms with van der Waals surface area (Å²) in [6.07, 6.45) is 5.56. The van der Waals surface area contributed by atoms with Gasteiger partial charge in [-0.1, -0.05) is 30.3 Å². The van der Waals surface area contributed by atoms with Crippen molar-refractivity contribution < 1.29 is 19.1 Å². The second kappa shape index (κ2) is 14.7. The van der Waals surface area contributed by atoms with Crippen molar-refractivity contribution in [3.63, 3.8) is 0 Å². The van der Waals surface area contributed by atoms with Gasteiger partial charge in [-0.2, -0.15) is 5.26 Å². The molecule has 4 rings (SSSR count). The number of hydrogen-bond acceptors (Lipinski definition) is 7. The maximum atomic E-state index is 13.9. The molecule has 0 spiro atoms. The number of nitrogens with one attached hydrogen (secondary N) is 1. The van der Waals surface area contributed by atoms with Crippen LogP contribution in [0.4, 0.5) is 0 Å². The summed E-state index contributed by atoms with van der Waals surface area (Å²) in [4.78, 5) is 31.1. The van der Waals surface area contributed by atoms with E-state index in [1.54, 1.807) is 24.3 Å². The van der Waals surface area contributed by atoms with Gasteiger partial charge >= 0.3 is 5.97 Å². The van der Waals surface area contributed by atoms with E-state index in [0.29, 0.717) is 30.9 Å². The molecule has 2 saturated heterocycles. The molecule has 1 unspecified atom stereocenters. The van der Waals surface area contributed by atoms with E-state index >= 15 is 0 Å². The van der Waals surface area contributed by atoms with Crippen LogP contribution < -0.4 is 10.1 Å². The number of amides is 1. The lowest BCUT2D eigenvalue weighted by molar-refractivity contribution is -0.150. The van der Waals surface area contributed by atoms with Gasteiger partial charge in [0, 0.05) is 25.0 Å². The topological polar surface area (TPSA) is 94.9 Å². The second-order valence-electron chi connectivity index (χ2n) is 10.6. The molecule has 0 bridgehead atoms. The zero-order valence-electron chi connectivity index (χ0n) is 22.9. The van der Waals surface area contributed by atoms with Crippen LogP contribution in [0.5, 0.6) is 5.75 Å². The van der Waals surface area contributed by atoms with Crippen LogP contribution >= 0.6 is 0 Å². The van der Waals surface area contributed by atoms with Gasteiger partial charge in [-0.3, -0.25) is 9.59 Å². The molecular weight excluding hydrogens is 492 g/mol. The van der Waals surface area contributed by atoms with Crippen molar-refractivity contribution >= 4 is 11.9 Å². The number of nitrogens with zero attached hydrogens (tertiary/aromatic N) is 3. The zero-order valence-corrected chi connectivity index (χ0v) is 22.9. The number of hydrogen-bond donors (Lipinski definition) is 1. The molecule has 2 aromatic rings. The predicted octanol–water partition coefficient (Wildman–Crippen LogP) is 3.89. The highest BCUT2D eigenvalue weighted by atomic mass is 16.5. The first-order valence-electron chi connectivity index (χ1n) is 14.1. The summed E-state index contributed by atoms with van der Waals surface area (Å²) in [5.74, 6) is 0.328. The van der Waals surface area contributed by atoms with Gasteiger partial charge in [0.15, 0.2) is 0 Å². The highest BCUT2D eigenvalue weighted by Crippen LogP contribution is 2.23. The molecule has 2 fully saturated rings. The SMILES string of the molecule is CN1CCC(N[C@@H](CC(=O)OCc2ccccc2)C(=O)N2CCCCC2CCOc2ccc(C#N)cc2)CC1. The molecule has 0 aliphatic carbocycles. The van der Waals surface area contributed by atoms with Crippen LogP contribution in [-0.2, 0) is 20.9 Å². The second-order valence-corrected chi connectivity index (χ2v) is 10.6. The summed E-state index contributed by atoms with van der Waals surface area (Å²) in [6.45, 7) is 3.30. The van der Waals surface area contributed by atoms with Crippen LogP contribution in [0, 0.1) is 11.3 Å². The number of rotatable bonds is 11. The van der Waals surface area contributed by atoms with Crippen molar-refractivity contribution in [2.75, 3.05) is 33.3 Å². The molecule has 0 aromatic heterocycles. The standard InChI is InChI=1S/C31H40N4O4/c1-34-18-14-26(15-19-34)33-29(21-30(36)39-23-25-7-3-2-4-8-25)31(37)35-17-6-5-9-27(35)16-20-38-28-12-10-24(22-32)11-13-28/h2-4,7-8,10-13,26-27,29,33H,5-6,9,14-21,23H2,1H3/t27?,29-/m0/s1. The van der Waals surface area contributed by atoms with Gasteiger partial charge in [-0.05, 0) is 82.1 Å². The first-order chi connectivity index (χ1) is 19.0. The average Bonchev–Trinajstić information content (AvgIpc) is 2.97. The fraction of sp³-hybridized carbons (Fsp3) is 0.516. The molecule has 2 aromatic carbocycles. The molecule has 2 aliphatic heterocycles. The van der Waals surface area contributed by atoms with Crippen molar-refractivity contribution in [3.8, 4) is 11.8 Å². The summed E-state index contributed by atoms with van der Waals surface area (Å²) in [6, 6.07) is 18.4. The highest BCUT2D eigenvalue weighted by molar-refractivity contribution is 5.87. The van der Waals surface area contributed by atoms with Crippen molar-refractivity contribution in [1.29, 1.82) is 5.26 Å². The van der Waals surface area contributed by atoms with E-state index in [0.717, 1.165) is 50.8 Å². The first-order valence-corrected chi connectivity index (χ1v) is 14.1. The molecular formula is C31H40N4O4. The Bertz CT molecular complexity index is 1090. The van der Waals surface area contributed by atoms with Gasteiger partial charge in [-0.25, -0.2) is 0 Å². The third-order valence-electron chi connectivity index (χ3n) is 7.68. The number of ether oxygens (including phenoxy) is 2. The first kappa shape index (κ1) is 28.6. The maximum absolute atomic E-state index is 13.9. The molecule has 2 atom stereocenters. The van der Waals surface area contributed by atoms with E-state index < -0.39 is 6.04 Å². The number of carbonyl (C=O) groups excluding carboxylic acids is 2. The van der Waals surface area contributed by atoms with Crippen molar-refractivity contribution in [3.05, 3.63) is 65.7 Å². The Labute approximate surface area is 231 Å². The zero-order chi connectivity index (χ0) is 27.5. The minimum atomic E-state index is -0.610. The molecule has 2 aliphatic rings. The summed E-state index contributed by atoms with van der Waals surface area (Å²) >= 11 is 0. The quantitative estimate of drug-likeness (QED) is 0.439. The fourth-order valence-electron chi connectivity index (χ4n) is 5.37. The Balaban J connectivity index is 1.37. The number of likely N-dealkylation sites (tertiary alicyclic amines) is 2. The molecule has 39 heavy (non-hydrogen) atoms. The van der Waals surface area contributed by atoms with Crippen molar-refractivity contribution in [2.45, 2.75) is 69.7 Å². The third kappa shape index (κ3) is 8.81. The summed E-state index contributed by atoms with van der Waals surface area (Å²) < 4.78 is 11.5. The van der Waals surface area contributed by atoms with Crippen molar-refractivity contribution in [1.82, 2.24) is 15.1 Å². The summed E-state index contributed by atoms with van der Waals surface area (Å²) in [5, 5.41) is 12.5. The van der Waals surface area contributed by atoms with Crippen LogP contribution in [0.1, 0.15) is 56.1 Å². The van der Waals surface area contributed by atoms with Crippen molar-refractivity contribution in [2.24, 2.45) is 0 Å². The Morgan fingerprint density at radius 3 is 2.49 bits per heavy atom. The Morgan fingerprint density at radius 2 is 1.77 bits per heavy atom. The van der Waals surface area contributed by atoms with Crippen LogP contribution in [0.3, 0.4) is 0 Å². The van der Waals surface area contributed by atoms with Gasteiger partial charge in [0.25, 0.3) is 0 Å². The third-order valence-corrected chi connectivity index (χ3v) is 7.68. The van der Waals surface area contributed by atoms with Gasteiger partial charge in [-0.15, -0.1) is 0 Å². The Morgan fingerprint density at radius 1 is 1.03 bits per heavy atom. The van der Waals surface area contributed by atoms with E-state index in [9.17, 15) is 9.59 Å². The minimum Gasteiger partial charge on any atom is -0.494 e. The van der Waals surface area contributed by atoms with Crippen LogP contribution in [0.15, 0.2) is 54.6 Å². The molecule has 0 radical (unpaired) electrons. The number of piperidine rings is 2. The van der Waals surface area contributed by atoms with Crippen LogP contribution in [0.2, 0.25) is 0 Å².